The van der Waals surface area contributed by atoms with Crippen LogP contribution in [0.5, 0.6) is 5.75 Å². The first-order valence-corrected chi connectivity index (χ1v) is 8.70. The van der Waals surface area contributed by atoms with Crippen molar-refractivity contribution in [3.05, 3.63) is 53.7 Å². The number of sulfonamides is 1. The van der Waals surface area contributed by atoms with E-state index in [0.29, 0.717) is 18.5 Å². The van der Waals surface area contributed by atoms with Crippen LogP contribution in [0.3, 0.4) is 0 Å². The molecule has 1 heterocycles. The maximum atomic E-state index is 11.8. The summed E-state index contributed by atoms with van der Waals surface area (Å²) in [5, 5.41) is 9.33. The summed E-state index contributed by atoms with van der Waals surface area (Å²) in [4.78, 5) is 0. The molecule has 0 saturated heterocycles. The zero-order valence-electron chi connectivity index (χ0n) is 13.3. The minimum atomic E-state index is -3.86. The van der Waals surface area contributed by atoms with Gasteiger partial charge in [-0.3, -0.25) is 4.68 Å². The fourth-order valence-corrected chi connectivity index (χ4v) is 2.90. The Balaban J connectivity index is 2.29. The molecule has 7 heteroatoms. The average molecular weight is 335 g/mol. The van der Waals surface area contributed by atoms with E-state index in [0.717, 1.165) is 23.3 Å². The van der Waals surface area contributed by atoms with Gasteiger partial charge in [0.05, 0.1) is 7.11 Å². The molecule has 2 rings (SSSR count). The summed E-state index contributed by atoms with van der Waals surface area (Å²) in [5.41, 5.74) is 2.55. The quantitative estimate of drug-likeness (QED) is 0.785. The lowest BCUT2D eigenvalue weighted by molar-refractivity contribution is 0.414. The summed E-state index contributed by atoms with van der Waals surface area (Å²) in [6, 6.07) is 7.43. The minimum absolute atomic E-state index is 0.0740. The third-order valence-electron chi connectivity index (χ3n) is 3.39. The first-order chi connectivity index (χ1) is 10.8. The third-order valence-corrected chi connectivity index (χ3v) is 4.27. The van der Waals surface area contributed by atoms with Crippen LogP contribution < -0.4 is 9.88 Å². The van der Waals surface area contributed by atoms with Crippen LogP contribution in [-0.2, 0) is 23.0 Å². The zero-order chi connectivity index (χ0) is 17.0. The molecule has 1 aromatic heterocycles. The lowest BCUT2D eigenvalue weighted by Gasteiger charge is -2.03. The highest BCUT2D eigenvalue weighted by atomic mass is 32.2. The predicted molar refractivity (Wildman–Crippen MR) is 88.8 cm³/mol. The molecule has 0 atom stereocenters. The molecule has 0 aliphatic heterocycles. The molecule has 2 N–H and O–H groups in total. The van der Waals surface area contributed by atoms with E-state index in [4.69, 9.17) is 9.88 Å². The summed E-state index contributed by atoms with van der Waals surface area (Å²) in [6.45, 7) is 6.33. The Labute approximate surface area is 136 Å². The molecular formula is C16H21N3O3S. The molecule has 0 saturated carbocycles. The number of rotatable bonds is 7. The first kappa shape index (κ1) is 17.2. The third kappa shape index (κ3) is 4.67. The van der Waals surface area contributed by atoms with Crippen molar-refractivity contribution in [3.63, 3.8) is 0 Å². The van der Waals surface area contributed by atoms with E-state index in [9.17, 15) is 8.42 Å². The van der Waals surface area contributed by atoms with Gasteiger partial charge in [-0.15, -0.1) is 6.58 Å². The highest BCUT2D eigenvalue weighted by Crippen LogP contribution is 2.19. The van der Waals surface area contributed by atoms with Crippen LogP contribution in [-0.4, -0.2) is 25.3 Å². The molecule has 2 aromatic rings. The fraction of sp³-hybridized carbons (Fsp3) is 0.312. The van der Waals surface area contributed by atoms with Gasteiger partial charge >= 0.3 is 0 Å². The molecule has 0 unspecified atom stereocenters. The van der Waals surface area contributed by atoms with Gasteiger partial charge in [0.2, 0.25) is 0 Å². The Bertz CT molecular complexity index is 792. The second kappa shape index (κ2) is 6.97. The van der Waals surface area contributed by atoms with Crippen LogP contribution >= 0.6 is 0 Å². The average Bonchev–Trinajstić information content (AvgIpc) is 2.89. The van der Waals surface area contributed by atoms with Crippen molar-refractivity contribution < 1.29 is 13.2 Å². The molecule has 0 aliphatic carbocycles. The van der Waals surface area contributed by atoms with E-state index < -0.39 is 10.0 Å². The Morgan fingerprint density at radius 2 is 2.00 bits per heavy atom. The lowest BCUT2D eigenvalue weighted by Crippen LogP contribution is -2.15. The van der Waals surface area contributed by atoms with Gasteiger partial charge in [0.1, 0.15) is 5.75 Å². The van der Waals surface area contributed by atoms with Crippen LogP contribution in [0.25, 0.3) is 0 Å². The number of nitrogens with zero attached hydrogens (tertiary/aromatic N) is 2. The molecule has 0 spiro atoms. The van der Waals surface area contributed by atoms with E-state index in [-0.39, 0.29) is 5.03 Å². The Hall–Kier alpha value is -2.12. The van der Waals surface area contributed by atoms with Gasteiger partial charge < -0.3 is 4.74 Å². The number of benzene rings is 1. The van der Waals surface area contributed by atoms with Crippen molar-refractivity contribution in [2.24, 2.45) is 5.14 Å². The van der Waals surface area contributed by atoms with Crippen LogP contribution in [0.2, 0.25) is 0 Å². The predicted octanol–water partition coefficient (Wildman–Crippen LogP) is 2.10. The summed E-state index contributed by atoms with van der Waals surface area (Å²) >= 11 is 0. The lowest BCUT2D eigenvalue weighted by atomic mass is 10.1. The molecule has 0 aliphatic rings. The summed E-state index contributed by atoms with van der Waals surface area (Å²) in [5.74, 6) is 0.748. The van der Waals surface area contributed by atoms with Crippen molar-refractivity contribution >= 4 is 10.0 Å². The standard InChI is InChI=1S/C16H21N3O3S/c1-12(2)8-9-19-11-14(16(18-19)23(17,20)21)10-13-4-6-15(22-3)7-5-13/h4-7,11H,1,8-10H2,2-3H3,(H2,17,20,21). The minimum Gasteiger partial charge on any atom is -0.497 e. The van der Waals surface area contributed by atoms with E-state index in [2.05, 4.69) is 11.7 Å². The zero-order valence-corrected chi connectivity index (χ0v) is 14.1. The highest BCUT2D eigenvalue weighted by molar-refractivity contribution is 7.89. The molecule has 0 amide bonds. The molecule has 23 heavy (non-hydrogen) atoms. The summed E-state index contributed by atoms with van der Waals surface area (Å²) in [6.07, 6.45) is 2.89. The molecule has 6 nitrogen and oxygen atoms in total. The largest absolute Gasteiger partial charge is 0.497 e. The SMILES string of the molecule is C=C(C)CCn1cc(Cc2ccc(OC)cc2)c(S(N)(=O)=O)n1. The van der Waals surface area contributed by atoms with E-state index in [1.54, 1.807) is 18.0 Å². The maximum absolute atomic E-state index is 11.8. The molecular weight excluding hydrogens is 314 g/mol. The number of aryl methyl sites for hydroxylation is 1. The van der Waals surface area contributed by atoms with Gasteiger partial charge in [-0.1, -0.05) is 17.7 Å². The number of ether oxygens (including phenoxy) is 1. The van der Waals surface area contributed by atoms with Crippen LogP contribution in [0, 0.1) is 0 Å². The Morgan fingerprint density at radius 3 is 2.52 bits per heavy atom. The van der Waals surface area contributed by atoms with Crippen molar-refractivity contribution in [2.45, 2.75) is 31.3 Å². The summed E-state index contributed by atoms with van der Waals surface area (Å²) < 4.78 is 30.2. The number of hydrogen-bond donors (Lipinski definition) is 1. The summed E-state index contributed by atoms with van der Waals surface area (Å²) in [7, 11) is -2.27. The number of aromatic nitrogens is 2. The fourth-order valence-electron chi connectivity index (χ4n) is 2.19. The van der Waals surface area contributed by atoms with E-state index in [1.165, 1.54) is 0 Å². The van der Waals surface area contributed by atoms with Crippen LogP contribution in [0.15, 0.2) is 47.6 Å². The van der Waals surface area contributed by atoms with Gasteiger partial charge in [-0.05, 0) is 31.0 Å². The van der Waals surface area contributed by atoms with Gasteiger partial charge in [0.25, 0.3) is 10.0 Å². The maximum Gasteiger partial charge on any atom is 0.257 e. The molecule has 0 bridgehead atoms. The van der Waals surface area contributed by atoms with Crippen molar-refractivity contribution in [1.82, 2.24) is 9.78 Å². The second-order valence-electron chi connectivity index (χ2n) is 5.50. The van der Waals surface area contributed by atoms with Gasteiger partial charge in [-0.2, -0.15) is 5.10 Å². The van der Waals surface area contributed by atoms with E-state index >= 15 is 0 Å². The smallest absolute Gasteiger partial charge is 0.257 e. The van der Waals surface area contributed by atoms with Crippen LogP contribution in [0.1, 0.15) is 24.5 Å². The number of hydrogen-bond acceptors (Lipinski definition) is 4. The molecule has 0 radical (unpaired) electrons. The monoisotopic (exact) mass is 335 g/mol. The van der Waals surface area contributed by atoms with Crippen LogP contribution in [0.4, 0.5) is 0 Å². The first-order valence-electron chi connectivity index (χ1n) is 7.16. The highest BCUT2D eigenvalue weighted by Gasteiger charge is 2.19. The molecule has 0 fully saturated rings. The second-order valence-corrected chi connectivity index (χ2v) is 6.98. The van der Waals surface area contributed by atoms with Gasteiger partial charge in [0, 0.05) is 24.7 Å². The van der Waals surface area contributed by atoms with Crippen molar-refractivity contribution in [3.8, 4) is 5.75 Å². The number of allylic oxidation sites excluding steroid dienone is 1. The van der Waals surface area contributed by atoms with Gasteiger partial charge in [0.15, 0.2) is 5.03 Å². The molecule has 124 valence electrons. The van der Waals surface area contributed by atoms with E-state index in [1.807, 2.05) is 31.2 Å². The van der Waals surface area contributed by atoms with Crippen molar-refractivity contribution in [2.75, 3.05) is 7.11 Å². The number of methoxy groups -OCH3 is 1. The Kier molecular flexibility index (Phi) is 5.23. The Morgan fingerprint density at radius 1 is 1.35 bits per heavy atom. The van der Waals surface area contributed by atoms with Crippen molar-refractivity contribution in [1.29, 1.82) is 0 Å². The number of nitrogens with two attached hydrogens (primary N) is 1. The number of primary sulfonamides is 1. The topological polar surface area (TPSA) is 87.2 Å². The van der Waals surface area contributed by atoms with Gasteiger partial charge in [-0.25, -0.2) is 13.6 Å². The molecule has 1 aromatic carbocycles. The normalized spacial score (nSPS) is 11.4.